The Kier molecular flexibility index (Phi) is 7.18. The maximum absolute atomic E-state index is 12.7. The lowest BCUT2D eigenvalue weighted by Crippen LogP contribution is -2.66. The van der Waals surface area contributed by atoms with Crippen LogP contribution >= 0.6 is 0 Å². The second-order valence-electron chi connectivity index (χ2n) is 11.7. The summed E-state index contributed by atoms with van der Waals surface area (Å²) in [5, 5.41) is 20.0. The first-order chi connectivity index (χ1) is 17.4. The molecular weight excluding hydrogens is 466 g/mol. The van der Waals surface area contributed by atoms with E-state index in [4.69, 9.17) is 10.5 Å². The lowest BCUT2D eigenvalue weighted by Gasteiger charge is -2.56. The summed E-state index contributed by atoms with van der Waals surface area (Å²) in [6.45, 7) is 13.1. The number of pyridine rings is 1. The number of nitrogens with one attached hydrogen (secondary N) is 1. The predicted molar refractivity (Wildman–Crippen MR) is 144 cm³/mol. The minimum atomic E-state index is -1.40. The van der Waals surface area contributed by atoms with Gasteiger partial charge in [-0.1, -0.05) is 45.0 Å². The van der Waals surface area contributed by atoms with Crippen molar-refractivity contribution in [1.82, 2.24) is 20.1 Å². The van der Waals surface area contributed by atoms with E-state index in [-0.39, 0.29) is 6.09 Å². The van der Waals surface area contributed by atoms with Gasteiger partial charge in [0.25, 0.3) is 0 Å². The number of nitrogens with two attached hydrogens (primary N) is 1. The molecule has 37 heavy (non-hydrogen) atoms. The Morgan fingerprint density at radius 1 is 1.16 bits per heavy atom. The summed E-state index contributed by atoms with van der Waals surface area (Å²) in [6, 6.07) is 12.0. The number of benzene rings is 1. The molecule has 1 aliphatic heterocycles. The molecule has 0 aliphatic carbocycles. The number of nitrogens with zero attached hydrogens (tertiary/aromatic N) is 3. The lowest BCUT2D eigenvalue weighted by atomic mass is 9.62. The van der Waals surface area contributed by atoms with Crippen LogP contribution in [0, 0.1) is 5.41 Å². The number of aliphatic hydroxyl groups is 1. The number of ether oxygens (including phenoxy) is 1. The molecule has 4 rings (SSSR count). The Hall–Kier alpha value is -3.23. The monoisotopic (exact) mass is 505 g/mol. The summed E-state index contributed by atoms with van der Waals surface area (Å²) in [6.07, 6.45) is 3.77. The van der Waals surface area contributed by atoms with E-state index in [2.05, 4.69) is 41.2 Å². The molecule has 1 saturated heterocycles. The third kappa shape index (κ3) is 5.26. The topological polar surface area (TPSA) is 117 Å². The van der Waals surface area contributed by atoms with Gasteiger partial charge in [-0.05, 0) is 56.5 Å². The van der Waals surface area contributed by atoms with Crippen molar-refractivity contribution in [3.8, 4) is 11.3 Å². The van der Waals surface area contributed by atoms with Gasteiger partial charge >= 0.3 is 6.09 Å². The molecule has 2 aromatic heterocycles. The van der Waals surface area contributed by atoms with Crippen LogP contribution in [0.2, 0.25) is 0 Å². The third-order valence-corrected chi connectivity index (χ3v) is 7.10. The number of likely N-dealkylation sites (tertiary alicyclic amines) is 1. The summed E-state index contributed by atoms with van der Waals surface area (Å²) in [5.74, 6) is 0.372. The highest BCUT2D eigenvalue weighted by atomic mass is 16.6. The van der Waals surface area contributed by atoms with Crippen molar-refractivity contribution >= 4 is 6.09 Å². The standard InChI is InChI=1S/C29H39N5O3/c1-19(2)20-7-9-22(10-8-20)29(36,28(6)17-34(18-28)26(35)37-27(3,4)5)23-13-21(15-31-16-23)25-14-24(11-12-30)32-33-25/h7-10,13-16,19,36H,11-12,17-18,30H2,1-6H3,(H,32,33)/t29-/m0/s1. The van der Waals surface area contributed by atoms with Gasteiger partial charge in [-0.2, -0.15) is 5.10 Å². The number of aromatic amines is 1. The van der Waals surface area contributed by atoms with E-state index in [1.807, 2.05) is 52.0 Å². The molecule has 0 unspecified atom stereocenters. The van der Waals surface area contributed by atoms with Crippen LogP contribution in [0.1, 0.15) is 69.8 Å². The van der Waals surface area contributed by atoms with E-state index in [9.17, 15) is 9.90 Å². The zero-order valence-electron chi connectivity index (χ0n) is 22.7. The SMILES string of the molecule is CC(C)c1ccc([C@](O)(c2cncc(-c3cc(CCN)[nH]n3)c2)C2(C)CN(C(=O)OC(C)(C)C)C2)cc1. The van der Waals surface area contributed by atoms with E-state index in [0.717, 1.165) is 22.5 Å². The van der Waals surface area contributed by atoms with Crippen molar-refractivity contribution in [3.63, 3.8) is 0 Å². The fraction of sp³-hybridized carbons (Fsp3) is 0.483. The number of rotatable bonds is 7. The van der Waals surface area contributed by atoms with Gasteiger partial charge < -0.3 is 20.5 Å². The Morgan fingerprint density at radius 3 is 2.43 bits per heavy atom. The number of hydrogen-bond acceptors (Lipinski definition) is 6. The van der Waals surface area contributed by atoms with Crippen molar-refractivity contribution in [2.75, 3.05) is 19.6 Å². The highest BCUT2D eigenvalue weighted by Gasteiger charge is 2.58. The average Bonchev–Trinajstić information content (AvgIpc) is 3.29. The molecule has 0 spiro atoms. The molecule has 1 fully saturated rings. The fourth-order valence-electron chi connectivity index (χ4n) is 5.02. The number of carbonyl (C=O) groups is 1. The van der Waals surface area contributed by atoms with Gasteiger partial charge in [-0.3, -0.25) is 10.1 Å². The number of H-pyrrole nitrogens is 1. The van der Waals surface area contributed by atoms with Crippen LogP contribution in [0.3, 0.4) is 0 Å². The Balaban J connectivity index is 1.73. The zero-order chi connectivity index (χ0) is 27.0. The van der Waals surface area contributed by atoms with Gasteiger partial charge in [0, 0.05) is 54.1 Å². The first-order valence-electron chi connectivity index (χ1n) is 12.9. The van der Waals surface area contributed by atoms with Gasteiger partial charge in [0.05, 0.1) is 5.69 Å². The second-order valence-corrected chi connectivity index (χ2v) is 11.7. The molecule has 0 bridgehead atoms. The van der Waals surface area contributed by atoms with Gasteiger partial charge in [0.2, 0.25) is 0 Å². The summed E-state index contributed by atoms with van der Waals surface area (Å²) >= 11 is 0. The smallest absolute Gasteiger partial charge is 0.410 e. The van der Waals surface area contributed by atoms with Crippen molar-refractivity contribution in [2.45, 2.75) is 65.1 Å². The quantitative estimate of drug-likeness (QED) is 0.432. The summed E-state index contributed by atoms with van der Waals surface area (Å²) in [4.78, 5) is 18.9. The predicted octanol–water partition coefficient (Wildman–Crippen LogP) is 4.59. The molecule has 1 atom stereocenters. The molecule has 8 nitrogen and oxygen atoms in total. The number of carbonyl (C=O) groups excluding carboxylic acids is 1. The fourth-order valence-corrected chi connectivity index (χ4v) is 5.02. The van der Waals surface area contributed by atoms with Crippen molar-refractivity contribution < 1.29 is 14.6 Å². The minimum Gasteiger partial charge on any atom is -0.444 e. The maximum atomic E-state index is 12.7. The Labute approximate surface area is 219 Å². The molecule has 3 aromatic rings. The number of aromatic nitrogens is 3. The van der Waals surface area contributed by atoms with Crippen LogP contribution in [-0.2, 0) is 16.8 Å². The van der Waals surface area contributed by atoms with E-state index in [1.165, 1.54) is 5.56 Å². The van der Waals surface area contributed by atoms with Crippen LogP contribution in [0.25, 0.3) is 11.3 Å². The first-order valence-corrected chi connectivity index (χ1v) is 12.9. The van der Waals surface area contributed by atoms with Crippen molar-refractivity contribution in [2.24, 2.45) is 11.1 Å². The number of hydrogen-bond donors (Lipinski definition) is 3. The molecule has 1 aliphatic rings. The summed E-state index contributed by atoms with van der Waals surface area (Å²) in [7, 11) is 0. The second kappa shape index (κ2) is 9.91. The summed E-state index contributed by atoms with van der Waals surface area (Å²) < 4.78 is 5.57. The largest absolute Gasteiger partial charge is 0.444 e. The molecule has 0 saturated carbocycles. The van der Waals surface area contributed by atoms with Gasteiger partial charge in [0.15, 0.2) is 0 Å². The molecule has 4 N–H and O–H groups in total. The molecule has 3 heterocycles. The Bertz CT molecular complexity index is 1240. The molecule has 198 valence electrons. The molecule has 8 heteroatoms. The van der Waals surface area contributed by atoms with Crippen LogP contribution in [-0.4, -0.2) is 56.5 Å². The highest BCUT2D eigenvalue weighted by molar-refractivity contribution is 5.70. The average molecular weight is 506 g/mol. The van der Waals surface area contributed by atoms with E-state index < -0.39 is 16.6 Å². The third-order valence-electron chi connectivity index (χ3n) is 7.10. The van der Waals surface area contributed by atoms with Crippen molar-refractivity contribution in [3.05, 3.63) is 71.2 Å². The number of amides is 1. The maximum Gasteiger partial charge on any atom is 0.410 e. The highest BCUT2D eigenvalue weighted by Crippen LogP contribution is 2.51. The molecule has 1 aromatic carbocycles. The molecule has 1 amide bonds. The van der Waals surface area contributed by atoms with E-state index >= 15 is 0 Å². The normalized spacial score (nSPS) is 16.8. The Morgan fingerprint density at radius 2 is 1.84 bits per heavy atom. The molecular formula is C29H39N5O3. The van der Waals surface area contributed by atoms with Gasteiger partial charge in [-0.25, -0.2) is 4.79 Å². The van der Waals surface area contributed by atoms with E-state index in [1.54, 1.807) is 17.3 Å². The van der Waals surface area contributed by atoms with Gasteiger partial charge in [-0.15, -0.1) is 0 Å². The van der Waals surface area contributed by atoms with Crippen LogP contribution in [0.15, 0.2) is 48.8 Å². The summed E-state index contributed by atoms with van der Waals surface area (Å²) in [5.41, 5.74) is 8.11. The molecule has 0 radical (unpaired) electrons. The van der Waals surface area contributed by atoms with Crippen LogP contribution in [0.4, 0.5) is 4.79 Å². The van der Waals surface area contributed by atoms with Gasteiger partial charge in [0.1, 0.15) is 11.2 Å². The van der Waals surface area contributed by atoms with Crippen LogP contribution < -0.4 is 5.73 Å². The van der Waals surface area contributed by atoms with E-state index in [0.29, 0.717) is 37.5 Å². The van der Waals surface area contributed by atoms with Crippen molar-refractivity contribution in [1.29, 1.82) is 0 Å². The lowest BCUT2D eigenvalue weighted by molar-refractivity contribution is -0.131. The zero-order valence-corrected chi connectivity index (χ0v) is 22.7. The van der Waals surface area contributed by atoms with Crippen LogP contribution in [0.5, 0.6) is 0 Å². The minimum absolute atomic E-state index is 0.345. The first kappa shape index (κ1) is 26.8.